The van der Waals surface area contributed by atoms with E-state index in [0.717, 1.165) is 19.4 Å². The van der Waals surface area contributed by atoms with Crippen LogP contribution in [0.4, 0.5) is 0 Å². The maximum absolute atomic E-state index is 11.7. The molecule has 14 heavy (non-hydrogen) atoms. The minimum atomic E-state index is 0.0912. The number of amides is 1. The van der Waals surface area contributed by atoms with Gasteiger partial charge in [-0.15, -0.1) is 11.6 Å². The number of fused-ring (bicyclic) bond motifs is 2. The first-order valence-electron chi connectivity index (χ1n) is 5.33. The normalized spacial score (nSPS) is 37.0. The fourth-order valence-electron chi connectivity index (χ4n) is 2.71. The lowest BCUT2D eigenvalue weighted by molar-refractivity contribution is -0.132. The van der Waals surface area contributed by atoms with Crippen molar-refractivity contribution in [1.82, 2.24) is 10.2 Å². The van der Waals surface area contributed by atoms with Crippen molar-refractivity contribution in [1.29, 1.82) is 0 Å². The van der Waals surface area contributed by atoms with E-state index in [1.54, 1.807) is 0 Å². The Kier molecular flexibility index (Phi) is 2.98. The summed E-state index contributed by atoms with van der Waals surface area (Å²) in [7, 11) is 0. The third-order valence-electron chi connectivity index (χ3n) is 3.38. The molecule has 2 rings (SSSR count). The lowest BCUT2D eigenvalue weighted by Gasteiger charge is -2.33. The number of carbonyl (C=O) groups is 1. The monoisotopic (exact) mass is 216 g/mol. The van der Waals surface area contributed by atoms with Crippen molar-refractivity contribution in [3.05, 3.63) is 0 Å². The van der Waals surface area contributed by atoms with Crippen LogP contribution in [-0.2, 0) is 4.79 Å². The van der Waals surface area contributed by atoms with Crippen molar-refractivity contribution in [3.8, 4) is 0 Å². The molecule has 0 aromatic rings. The van der Waals surface area contributed by atoms with Gasteiger partial charge in [-0.3, -0.25) is 4.79 Å². The lowest BCUT2D eigenvalue weighted by atomic mass is 10.1. The van der Waals surface area contributed by atoms with Gasteiger partial charge in [-0.25, -0.2) is 0 Å². The molecular weight excluding hydrogens is 200 g/mol. The van der Waals surface area contributed by atoms with Gasteiger partial charge < -0.3 is 10.2 Å². The van der Waals surface area contributed by atoms with E-state index in [-0.39, 0.29) is 17.8 Å². The molecule has 1 aliphatic carbocycles. The smallest absolute Gasteiger partial charge is 0.238 e. The first-order valence-corrected chi connectivity index (χ1v) is 5.86. The molecule has 3 nitrogen and oxygen atoms in total. The molecule has 2 fully saturated rings. The Labute approximate surface area is 89.8 Å². The summed E-state index contributed by atoms with van der Waals surface area (Å²) in [5.41, 5.74) is 0. The number of carbonyl (C=O) groups excluding carboxylic acids is 1. The lowest BCUT2D eigenvalue weighted by Crippen LogP contribution is -2.48. The average molecular weight is 217 g/mol. The zero-order chi connectivity index (χ0) is 10.1. The molecule has 1 aliphatic heterocycles. The molecule has 3 unspecified atom stereocenters. The maximum Gasteiger partial charge on any atom is 0.238 e. The summed E-state index contributed by atoms with van der Waals surface area (Å²) >= 11 is 5.63. The first-order chi connectivity index (χ1) is 6.72. The van der Waals surface area contributed by atoms with Crippen LogP contribution in [0.5, 0.6) is 0 Å². The summed E-state index contributed by atoms with van der Waals surface area (Å²) in [5, 5.41) is 3.49. The van der Waals surface area contributed by atoms with Crippen LogP contribution < -0.4 is 5.32 Å². The van der Waals surface area contributed by atoms with Gasteiger partial charge in [0, 0.05) is 24.7 Å². The summed E-state index contributed by atoms with van der Waals surface area (Å²) in [5.74, 6) is 0.208. The summed E-state index contributed by atoms with van der Waals surface area (Å²) in [6.07, 6.45) is 3.43. The largest absolute Gasteiger partial charge is 0.335 e. The van der Waals surface area contributed by atoms with Crippen molar-refractivity contribution in [2.45, 2.75) is 44.3 Å². The Hall–Kier alpha value is -0.280. The highest BCUT2D eigenvalue weighted by atomic mass is 35.5. The predicted octanol–water partition coefficient (Wildman–Crippen LogP) is 0.967. The zero-order valence-electron chi connectivity index (χ0n) is 8.50. The molecule has 1 saturated heterocycles. The topological polar surface area (TPSA) is 32.3 Å². The van der Waals surface area contributed by atoms with Gasteiger partial charge >= 0.3 is 0 Å². The first kappa shape index (κ1) is 10.2. The molecule has 3 atom stereocenters. The minimum absolute atomic E-state index is 0.0912. The number of alkyl halides is 1. The fraction of sp³-hybridized carbons (Fsp3) is 0.900. The van der Waals surface area contributed by atoms with Crippen molar-refractivity contribution in [2.75, 3.05) is 12.4 Å². The molecule has 1 N–H and O–H groups in total. The summed E-state index contributed by atoms with van der Waals surface area (Å²) in [6, 6.07) is 1.34. The van der Waals surface area contributed by atoms with E-state index in [9.17, 15) is 4.79 Å². The van der Waals surface area contributed by atoms with Crippen LogP contribution in [0.2, 0.25) is 0 Å². The highest BCUT2D eigenvalue weighted by Crippen LogP contribution is 2.28. The van der Waals surface area contributed by atoms with Gasteiger partial charge in [0.25, 0.3) is 0 Å². The van der Waals surface area contributed by atoms with Gasteiger partial charge in [0.15, 0.2) is 0 Å². The Morgan fingerprint density at radius 1 is 1.57 bits per heavy atom. The van der Waals surface area contributed by atoms with E-state index in [4.69, 9.17) is 11.6 Å². The maximum atomic E-state index is 11.7. The van der Waals surface area contributed by atoms with Crippen molar-refractivity contribution >= 4 is 17.5 Å². The SMILES string of the molecule is CC1CNC2CCC(C2)N1C(=O)CCl. The van der Waals surface area contributed by atoms with Crippen LogP contribution in [0.1, 0.15) is 26.2 Å². The van der Waals surface area contributed by atoms with Gasteiger partial charge in [-0.1, -0.05) is 0 Å². The molecule has 0 aromatic carbocycles. The van der Waals surface area contributed by atoms with E-state index in [1.165, 1.54) is 6.42 Å². The highest BCUT2D eigenvalue weighted by molar-refractivity contribution is 6.27. The number of hydrogen-bond donors (Lipinski definition) is 1. The van der Waals surface area contributed by atoms with E-state index in [1.807, 2.05) is 4.90 Å². The van der Waals surface area contributed by atoms with E-state index in [2.05, 4.69) is 12.2 Å². The quantitative estimate of drug-likeness (QED) is 0.663. The number of nitrogens with zero attached hydrogens (tertiary/aromatic N) is 1. The zero-order valence-corrected chi connectivity index (χ0v) is 9.26. The molecule has 2 bridgehead atoms. The van der Waals surface area contributed by atoms with Crippen LogP contribution in [0.15, 0.2) is 0 Å². The fourth-order valence-corrected chi connectivity index (χ4v) is 2.85. The standard InChI is InChI=1S/C10H17ClN2O/c1-7-6-12-8-2-3-9(4-8)13(7)10(14)5-11/h7-9,12H,2-6H2,1H3. The number of hydrogen-bond acceptors (Lipinski definition) is 2. The molecule has 1 amide bonds. The molecule has 0 aromatic heterocycles. The summed E-state index contributed by atoms with van der Waals surface area (Å²) in [6.45, 7) is 3.00. The second-order valence-electron chi connectivity index (χ2n) is 4.36. The molecule has 4 heteroatoms. The molecule has 2 aliphatic rings. The number of nitrogens with one attached hydrogen (secondary N) is 1. The van der Waals surface area contributed by atoms with E-state index < -0.39 is 0 Å². The molecule has 0 radical (unpaired) electrons. The second-order valence-corrected chi connectivity index (χ2v) is 4.62. The highest BCUT2D eigenvalue weighted by Gasteiger charge is 2.36. The molecule has 1 heterocycles. The molecule has 1 saturated carbocycles. The van der Waals surface area contributed by atoms with Crippen LogP contribution in [0.3, 0.4) is 0 Å². The van der Waals surface area contributed by atoms with Gasteiger partial charge in [0.1, 0.15) is 5.88 Å². The second kappa shape index (κ2) is 4.07. The van der Waals surface area contributed by atoms with Crippen molar-refractivity contribution < 1.29 is 4.79 Å². The van der Waals surface area contributed by atoms with Crippen LogP contribution >= 0.6 is 11.6 Å². The third kappa shape index (κ3) is 1.75. The van der Waals surface area contributed by atoms with Gasteiger partial charge in [0.05, 0.1) is 0 Å². The third-order valence-corrected chi connectivity index (χ3v) is 3.61. The molecular formula is C10H17ClN2O. The predicted molar refractivity (Wildman–Crippen MR) is 56.5 cm³/mol. The van der Waals surface area contributed by atoms with Crippen LogP contribution in [0.25, 0.3) is 0 Å². The molecule has 0 spiro atoms. The van der Waals surface area contributed by atoms with Crippen molar-refractivity contribution in [2.24, 2.45) is 0 Å². The minimum Gasteiger partial charge on any atom is -0.335 e. The van der Waals surface area contributed by atoms with Crippen LogP contribution in [0, 0.1) is 0 Å². The summed E-state index contributed by atoms with van der Waals surface area (Å²) < 4.78 is 0. The van der Waals surface area contributed by atoms with E-state index >= 15 is 0 Å². The number of halogens is 1. The Morgan fingerprint density at radius 2 is 2.36 bits per heavy atom. The Balaban J connectivity index is 2.13. The van der Waals surface area contributed by atoms with Gasteiger partial charge in [-0.05, 0) is 26.2 Å². The van der Waals surface area contributed by atoms with E-state index in [0.29, 0.717) is 12.1 Å². The average Bonchev–Trinajstić information content (AvgIpc) is 2.55. The Morgan fingerprint density at radius 3 is 3.07 bits per heavy atom. The van der Waals surface area contributed by atoms with Crippen molar-refractivity contribution in [3.63, 3.8) is 0 Å². The van der Waals surface area contributed by atoms with Crippen LogP contribution in [-0.4, -0.2) is 41.4 Å². The summed E-state index contributed by atoms with van der Waals surface area (Å²) in [4.78, 5) is 13.7. The van der Waals surface area contributed by atoms with Gasteiger partial charge in [-0.2, -0.15) is 0 Å². The Bertz CT molecular complexity index is 234. The number of rotatable bonds is 1. The van der Waals surface area contributed by atoms with Gasteiger partial charge in [0.2, 0.25) is 5.91 Å². The molecule has 80 valence electrons.